The molecule has 0 spiro atoms. The van der Waals surface area contributed by atoms with E-state index in [0.717, 1.165) is 16.6 Å². The molecule has 0 saturated heterocycles. The number of nitriles is 1. The summed E-state index contributed by atoms with van der Waals surface area (Å²) in [6.45, 7) is 2.08. The van der Waals surface area contributed by atoms with Gasteiger partial charge in [0.25, 0.3) is 5.91 Å². The van der Waals surface area contributed by atoms with E-state index in [4.69, 9.17) is 5.26 Å². The molecule has 0 fully saturated rings. The molecule has 3 aromatic rings. The number of amides is 1. The number of rotatable bonds is 3. The highest BCUT2D eigenvalue weighted by molar-refractivity contribution is 7.22. The second-order valence-electron chi connectivity index (χ2n) is 4.78. The van der Waals surface area contributed by atoms with Gasteiger partial charge in [-0.25, -0.2) is 4.98 Å². The first-order valence-corrected chi connectivity index (χ1v) is 7.73. The number of nitrogens with one attached hydrogen (secondary N) is 1. The zero-order valence-electron chi connectivity index (χ0n) is 12.0. The van der Waals surface area contributed by atoms with Gasteiger partial charge in [-0.3, -0.25) is 10.1 Å². The maximum atomic E-state index is 12.3. The van der Waals surface area contributed by atoms with Crippen molar-refractivity contribution in [2.45, 2.75) is 13.3 Å². The van der Waals surface area contributed by atoms with Crippen molar-refractivity contribution < 1.29 is 4.79 Å². The maximum absolute atomic E-state index is 12.3. The third-order valence-electron chi connectivity index (χ3n) is 3.36. The van der Waals surface area contributed by atoms with Crippen LogP contribution in [0.15, 0.2) is 42.5 Å². The Bertz CT molecular complexity index is 892. The smallest absolute Gasteiger partial charge is 0.257 e. The summed E-state index contributed by atoms with van der Waals surface area (Å²) < 4.78 is 1.06. The predicted octanol–water partition coefficient (Wildman–Crippen LogP) is 3.98. The largest absolute Gasteiger partial charge is 0.298 e. The second kappa shape index (κ2) is 5.96. The standard InChI is InChI=1S/C17H13N3OS/c1-2-12-6-4-8-14-15(12)19-17(22-14)20-16(21)13-7-3-5-11(9-13)10-18/h3-9H,2H2,1H3,(H,19,20,21). The fourth-order valence-electron chi connectivity index (χ4n) is 2.24. The molecule has 2 aromatic carbocycles. The van der Waals surface area contributed by atoms with Crippen molar-refractivity contribution in [1.29, 1.82) is 5.26 Å². The highest BCUT2D eigenvalue weighted by Crippen LogP contribution is 2.28. The van der Waals surface area contributed by atoms with Gasteiger partial charge in [0.1, 0.15) is 0 Å². The summed E-state index contributed by atoms with van der Waals surface area (Å²) in [7, 11) is 0. The molecule has 3 rings (SSSR count). The molecular formula is C17H13N3OS. The summed E-state index contributed by atoms with van der Waals surface area (Å²) in [5.41, 5.74) is 3.02. The summed E-state index contributed by atoms with van der Waals surface area (Å²) in [6, 6.07) is 14.7. The van der Waals surface area contributed by atoms with Crippen molar-refractivity contribution >= 4 is 32.6 Å². The first-order chi connectivity index (χ1) is 10.7. The van der Waals surface area contributed by atoms with Crippen LogP contribution in [0.2, 0.25) is 0 Å². The van der Waals surface area contributed by atoms with Crippen molar-refractivity contribution in [1.82, 2.24) is 4.98 Å². The number of anilines is 1. The van der Waals surface area contributed by atoms with Gasteiger partial charge in [0.15, 0.2) is 5.13 Å². The van der Waals surface area contributed by atoms with Crippen LogP contribution in [-0.4, -0.2) is 10.9 Å². The van der Waals surface area contributed by atoms with E-state index in [1.807, 2.05) is 24.3 Å². The van der Waals surface area contributed by atoms with Crippen molar-refractivity contribution in [2.75, 3.05) is 5.32 Å². The highest BCUT2D eigenvalue weighted by Gasteiger charge is 2.11. The second-order valence-corrected chi connectivity index (χ2v) is 5.81. The maximum Gasteiger partial charge on any atom is 0.257 e. The third kappa shape index (κ3) is 2.69. The lowest BCUT2D eigenvalue weighted by molar-refractivity contribution is 0.102. The average Bonchev–Trinajstić information content (AvgIpc) is 2.97. The molecule has 0 unspecified atom stereocenters. The van der Waals surface area contributed by atoms with Gasteiger partial charge < -0.3 is 0 Å². The molecule has 5 heteroatoms. The number of aryl methyl sites for hydroxylation is 1. The molecule has 1 heterocycles. The highest BCUT2D eigenvalue weighted by atomic mass is 32.1. The van der Waals surface area contributed by atoms with Crippen LogP contribution in [-0.2, 0) is 6.42 Å². The number of fused-ring (bicyclic) bond motifs is 1. The Morgan fingerprint density at radius 2 is 2.14 bits per heavy atom. The van der Waals surface area contributed by atoms with Crippen LogP contribution in [0.5, 0.6) is 0 Å². The Balaban J connectivity index is 1.89. The van der Waals surface area contributed by atoms with Gasteiger partial charge in [-0.2, -0.15) is 5.26 Å². The minimum atomic E-state index is -0.255. The van der Waals surface area contributed by atoms with Crippen LogP contribution in [0, 0.1) is 11.3 Å². The van der Waals surface area contributed by atoms with E-state index in [1.54, 1.807) is 24.3 Å². The molecule has 0 atom stereocenters. The number of hydrogen-bond acceptors (Lipinski definition) is 4. The molecule has 0 aliphatic rings. The van der Waals surface area contributed by atoms with Crippen molar-refractivity contribution in [3.8, 4) is 6.07 Å². The summed E-state index contributed by atoms with van der Waals surface area (Å²) in [5, 5.41) is 12.3. The quantitative estimate of drug-likeness (QED) is 0.796. The summed E-state index contributed by atoms with van der Waals surface area (Å²) in [4.78, 5) is 16.8. The molecule has 1 amide bonds. The van der Waals surface area contributed by atoms with Gasteiger partial charge in [0, 0.05) is 5.56 Å². The minimum Gasteiger partial charge on any atom is -0.298 e. The van der Waals surface area contributed by atoms with Crippen molar-refractivity contribution in [3.05, 3.63) is 59.2 Å². The number of thiazole rings is 1. The van der Waals surface area contributed by atoms with Gasteiger partial charge in [-0.15, -0.1) is 0 Å². The Morgan fingerprint density at radius 1 is 1.32 bits per heavy atom. The summed E-state index contributed by atoms with van der Waals surface area (Å²) in [5.74, 6) is -0.255. The lowest BCUT2D eigenvalue weighted by Gasteiger charge is -2.01. The minimum absolute atomic E-state index is 0.255. The van der Waals surface area contributed by atoms with E-state index in [9.17, 15) is 4.79 Å². The molecular weight excluding hydrogens is 294 g/mol. The number of para-hydroxylation sites is 1. The topological polar surface area (TPSA) is 65.8 Å². The average molecular weight is 307 g/mol. The molecule has 1 N–H and O–H groups in total. The van der Waals surface area contributed by atoms with Gasteiger partial charge in [0.2, 0.25) is 0 Å². The lowest BCUT2D eigenvalue weighted by atomic mass is 10.1. The summed E-state index contributed by atoms with van der Waals surface area (Å²) >= 11 is 1.45. The molecule has 4 nitrogen and oxygen atoms in total. The van der Waals surface area contributed by atoms with Gasteiger partial charge in [-0.1, -0.05) is 36.5 Å². The van der Waals surface area contributed by atoms with E-state index in [1.165, 1.54) is 16.9 Å². The van der Waals surface area contributed by atoms with E-state index < -0.39 is 0 Å². The molecule has 108 valence electrons. The normalized spacial score (nSPS) is 10.4. The zero-order valence-corrected chi connectivity index (χ0v) is 12.8. The van der Waals surface area contributed by atoms with Crippen LogP contribution in [0.25, 0.3) is 10.2 Å². The predicted molar refractivity (Wildman–Crippen MR) is 88.1 cm³/mol. The van der Waals surface area contributed by atoms with Crippen LogP contribution in [0.4, 0.5) is 5.13 Å². The molecule has 0 aliphatic heterocycles. The summed E-state index contributed by atoms with van der Waals surface area (Å²) in [6.07, 6.45) is 0.901. The number of benzene rings is 2. The number of carbonyl (C=O) groups excluding carboxylic acids is 1. The molecule has 22 heavy (non-hydrogen) atoms. The van der Waals surface area contributed by atoms with E-state index in [0.29, 0.717) is 16.3 Å². The fraction of sp³-hybridized carbons (Fsp3) is 0.118. The number of aromatic nitrogens is 1. The number of nitrogens with zero attached hydrogens (tertiary/aromatic N) is 2. The van der Waals surface area contributed by atoms with Crippen LogP contribution in [0.3, 0.4) is 0 Å². The van der Waals surface area contributed by atoms with E-state index in [2.05, 4.69) is 17.2 Å². The van der Waals surface area contributed by atoms with Crippen molar-refractivity contribution in [3.63, 3.8) is 0 Å². The fourth-order valence-corrected chi connectivity index (χ4v) is 3.15. The number of carbonyl (C=O) groups is 1. The molecule has 0 aliphatic carbocycles. The van der Waals surface area contributed by atoms with Crippen LogP contribution < -0.4 is 5.32 Å². The van der Waals surface area contributed by atoms with E-state index in [-0.39, 0.29) is 5.91 Å². The van der Waals surface area contributed by atoms with Crippen LogP contribution in [0.1, 0.15) is 28.4 Å². The first-order valence-electron chi connectivity index (χ1n) is 6.91. The third-order valence-corrected chi connectivity index (χ3v) is 4.29. The first kappa shape index (κ1) is 14.2. The lowest BCUT2D eigenvalue weighted by Crippen LogP contribution is -2.11. The Morgan fingerprint density at radius 3 is 2.91 bits per heavy atom. The molecule has 0 saturated carbocycles. The van der Waals surface area contributed by atoms with E-state index >= 15 is 0 Å². The van der Waals surface area contributed by atoms with Gasteiger partial charge in [-0.05, 0) is 36.2 Å². The Hall–Kier alpha value is -2.71. The van der Waals surface area contributed by atoms with Gasteiger partial charge >= 0.3 is 0 Å². The Labute approximate surface area is 132 Å². The monoisotopic (exact) mass is 307 g/mol. The molecule has 1 aromatic heterocycles. The zero-order chi connectivity index (χ0) is 15.5. The SMILES string of the molecule is CCc1cccc2sc(NC(=O)c3cccc(C#N)c3)nc12. The Kier molecular flexibility index (Phi) is 3.86. The van der Waals surface area contributed by atoms with Crippen molar-refractivity contribution in [2.24, 2.45) is 0 Å². The van der Waals surface area contributed by atoms with Gasteiger partial charge in [0.05, 0.1) is 21.8 Å². The molecule has 0 bridgehead atoms. The molecule has 0 radical (unpaired) electrons. The van der Waals surface area contributed by atoms with Crippen LogP contribution >= 0.6 is 11.3 Å². The number of hydrogen-bond donors (Lipinski definition) is 1.